The molecule has 0 saturated carbocycles. The second-order valence-corrected chi connectivity index (χ2v) is 18.2. The highest BCUT2D eigenvalue weighted by molar-refractivity contribution is 5.92. The van der Waals surface area contributed by atoms with Gasteiger partial charge in [0, 0.05) is 91.3 Å². The van der Waals surface area contributed by atoms with Crippen molar-refractivity contribution in [2.75, 3.05) is 0 Å². The fraction of sp³-hybridized carbons (Fsp3) is 0.145. The van der Waals surface area contributed by atoms with Gasteiger partial charge >= 0.3 is 0 Å². The lowest BCUT2D eigenvalue weighted by atomic mass is 9.78. The fourth-order valence-corrected chi connectivity index (χ4v) is 9.42. The van der Waals surface area contributed by atoms with Crippen LogP contribution in [0.1, 0.15) is 71.2 Å². The van der Waals surface area contributed by atoms with Crippen LogP contribution < -0.4 is 0 Å². The van der Waals surface area contributed by atoms with Gasteiger partial charge in [0.15, 0.2) is 0 Å². The minimum Gasteiger partial charge on any atom is -0.361 e. The first kappa shape index (κ1) is 46.4. The quantitative estimate of drug-likeness (QED) is 0.153. The van der Waals surface area contributed by atoms with E-state index in [1.54, 1.807) is 0 Å². The summed E-state index contributed by atoms with van der Waals surface area (Å²) in [7, 11) is 0. The molecule has 0 fully saturated rings. The molecule has 0 atom stereocenters. The van der Waals surface area contributed by atoms with Gasteiger partial charge in [0.1, 0.15) is 5.78 Å². The number of fused-ring (bicyclic) bond motifs is 5. The molecule has 5 aromatic heterocycles. The van der Waals surface area contributed by atoms with Gasteiger partial charge in [-0.3, -0.25) is 0 Å². The van der Waals surface area contributed by atoms with Gasteiger partial charge in [-0.15, -0.1) is 0 Å². The summed E-state index contributed by atoms with van der Waals surface area (Å²) in [6.07, 6.45) is 10.9. The van der Waals surface area contributed by atoms with E-state index in [1.807, 2.05) is 18.3 Å². The van der Waals surface area contributed by atoms with Gasteiger partial charge in [-0.05, 0) is 102 Å². The van der Waals surface area contributed by atoms with Crippen molar-refractivity contribution in [1.29, 1.82) is 0 Å². The molecule has 12 aromatic rings. The molecule has 0 spiro atoms. The van der Waals surface area contributed by atoms with E-state index in [2.05, 4.69) is 252 Å². The number of Topliss-reactive ketones (excluding diaryl/α,β-unsaturated/α-hetero) is 1. The Morgan fingerprint density at radius 2 is 0.750 bits per heavy atom. The van der Waals surface area contributed by atoms with Crippen LogP contribution in [0.5, 0.6) is 0 Å². The summed E-state index contributed by atoms with van der Waals surface area (Å²) in [6.45, 7) is 12.3. The summed E-state index contributed by atoms with van der Waals surface area (Å²) in [5.41, 5.74) is 13.5. The predicted octanol–water partition coefficient (Wildman–Crippen LogP) is 16.3. The van der Waals surface area contributed by atoms with Gasteiger partial charge in [-0.1, -0.05) is 163 Å². The number of para-hydroxylation sites is 7. The second kappa shape index (κ2) is 19.8. The number of carbonyl (C=O) groups excluding carboxylic acids is 1. The number of H-pyrrole nitrogens is 3. The first-order valence-corrected chi connectivity index (χ1v) is 23.0. The molecule has 340 valence electrons. The van der Waals surface area contributed by atoms with E-state index in [-0.39, 0.29) is 24.0 Å². The SMILES string of the molecule is C.CC(C)(c1c[nH]c2ccccc12)c1c[nH]c2ccccc12.CC(C)(c1cn(-c2ccccc2)c2ccccc12)c1cn(-c2ccccc2)c2ccccc12.CC(C)=O.c1ccc2[nH]ccc2c1. The third-order valence-corrected chi connectivity index (χ3v) is 12.8. The van der Waals surface area contributed by atoms with Crippen molar-refractivity contribution in [1.82, 2.24) is 24.1 Å². The number of carbonyl (C=O) groups is 1. The minimum absolute atomic E-state index is 0. The van der Waals surface area contributed by atoms with Crippen molar-refractivity contribution in [3.8, 4) is 11.4 Å². The average Bonchev–Trinajstić information content (AvgIpc) is 4.21. The van der Waals surface area contributed by atoms with E-state index in [0.717, 1.165) is 0 Å². The van der Waals surface area contributed by atoms with Crippen molar-refractivity contribution in [3.05, 3.63) is 241 Å². The second-order valence-electron chi connectivity index (χ2n) is 18.2. The van der Waals surface area contributed by atoms with Crippen LogP contribution in [0.15, 0.2) is 219 Å². The standard InChI is InChI=1S/C31H26N2.C19H18N2.C8H7N.C3H6O.CH4/c1-31(2,27-21-32(23-13-5-3-6-14-23)29-19-11-9-17-25(27)29)28-22-33(24-15-7-4-8-16-24)30-20-12-10-18-26(28)30;1-19(2,15-11-20-17-9-5-3-7-13(15)17)16-12-21-18-10-6-4-8-14(16)18;1-2-4-8-7(3-1)5-6-9-8;1-3(2)4;/h3-22H,1-2H3;3-12,20-21H,1-2H3;1-6,9H;1-2H3;1H4. The van der Waals surface area contributed by atoms with Crippen LogP contribution in [0.25, 0.3) is 65.9 Å². The Morgan fingerprint density at radius 3 is 1.19 bits per heavy atom. The van der Waals surface area contributed by atoms with E-state index in [1.165, 1.54) is 102 Å². The van der Waals surface area contributed by atoms with Gasteiger partial charge in [-0.25, -0.2) is 0 Å². The molecule has 0 unspecified atom stereocenters. The van der Waals surface area contributed by atoms with E-state index in [9.17, 15) is 4.79 Å². The van der Waals surface area contributed by atoms with E-state index >= 15 is 0 Å². The summed E-state index contributed by atoms with van der Waals surface area (Å²) in [5.74, 6) is 0.167. The number of nitrogens with zero attached hydrogens (tertiary/aromatic N) is 2. The van der Waals surface area contributed by atoms with Gasteiger partial charge in [0.2, 0.25) is 0 Å². The molecule has 3 N–H and O–H groups in total. The topological polar surface area (TPSA) is 74.3 Å². The number of ketones is 1. The highest BCUT2D eigenvalue weighted by Gasteiger charge is 2.31. The molecule has 0 aliphatic carbocycles. The molecule has 0 aliphatic rings. The lowest BCUT2D eigenvalue weighted by Gasteiger charge is -2.24. The van der Waals surface area contributed by atoms with Crippen molar-refractivity contribution < 1.29 is 4.79 Å². The smallest absolute Gasteiger partial charge is 0.126 e. The van der Waals surface area contributed by atoms with Crippen LogP contribution >= 0.6 is 0 Å². The van der Waals surface area contributed by atoms with Gasteiger partial charge in [-0.2, -0.15) is 0 Å². The maximum absolute atomic E-state index is 9.44. The Hall–Kier alpha value is -8.09. The zero-order valence-electron chi connectivity index (χ0n) is 39.1. The van der Waals surface area contributed by atoms with Crippen molar-refractivity contribution in [3.63, 3.8) is 0 Å². The number of hydrogen-bond donors (Lipinski definition) is 3. The van der Waals surface area contributed by atoms with E-state index < -0.39 is 0 Å². The van der Waals surface area contributed by atoms with E-state index in [4.69, 9.17) is 0 Å². The first-order valence-electron chi connectivity index (χ1n) is 23.0. The molecular formula is C62H61N5O. The largest absolute Gasteiger partial charge is 0.361 e. The first-order chi connectivity index (χ1) is 32.5. The monoisotopic (exact) mass is 891 g/mol. The normalized spacial score (nSPS) is 11.3. The molecule has 0 amide bonds. The molecule has 6 heteroatoms. The van der Waals surface area contributed by atoms with Crippen LogP contribution in [0.3, 0.4) is 0 Å². The molecule has 0 radical (unpaired) electrons. The van der Waals surface area contributed by atoms with Crippen LogP contribution in [-0.2, 0) is 15.6 Å². The number of aromatic nitrogens is 5. The molecular weight excluding hydrogens is 831 g/mol. The Morgan fingerprint density at radius 1 is 0.397 bits per heavy atom. The maximum atomic E-state index is 9.44. The number of rotatable bonds is 6. The van der Waals surface area contributed by atoms with Crippen LogP contribution in [-0.4, -0.2) is 29.9 Å². The Kier molecular flexibility index (Phi) is 13.5. The molecule has 12 rings (SSSR count). The van der Waals surface area contributed by atoms with Crippen molar-refractivity contribution in [2.24, 2.45) is 0 Å². The van der Waals surface area contributed by atoms with Crippen LogP contribution in [0, 0.1) is 0 Å². The summed E-state index contributed by atoms with van der Waals surface area (Å²) < 4.78 is 4.64. The fourth-order valence-electron chi connectivity index (χ4n) is 9.42. The molecule has 5 heterocycles. The lowest BCUT2D eigenvalue weighted by molar-refractivity contribution is -0.115. The number of benzene rings is 7. The van der Waals surface area contributed by atoms with Gasteiger partial charge in [0.05, 0.1) is 11.0 Å². The van der Waals surface area contributed by atoms with Gasteiger partial charge in [0.25, 0.3) is 0 Å². The summed E-state index contributed by atoms with van der Waals surface area (Å²) in [5, 5.41) is 6.46. The van der Waals surface area contributed by atoms with Gasteiger partial charge < -0.3 is 28.9 Å². The number of aromatic amines is 3. The third kappa shape index (κ3) is 9.18. The van der Waals surface area contributed by atoms with Crippen molar-refractivity contribution >= 4 is 60.3 Å². The predicted molar refractivity (Wildman–Crippen MR) is 289 cm³/mol. The van der Waals surface area contributed by atoms with Crippen LogP contribution in [0.2, 0.25) is 0 Å². The summed E-state index contributed by atoms with van der Waals surface area (Å²) >= 11 is 0. The zero-order valence-corrected chi connectivity index (χ0v) is 39.1. The molecule has 0 bridgehead atoms. The maximum Gasteiger partial charge on any atom is 0.126 e. The molecule has 68 heavy (non-hydrogen) atoms. The average molecular weight is 892 g/mol. The molecule has 6 nitrogen and oxygen atoms in total. The molecule has 7 aromatic carbocycles. The highest BCUT2D eigenvalue weighted by atomic mass is 16.1. The van der Waals surface area contributed by atoms with Crippen molar-refractivity contribution in [2.45, 2.75) is 59.8 Å². The summed E-state index contributed by atoms with van der Waals surface area (Å²) in [6, 6.07) is 66.0. The number of hydrogen-bond acceptors (Lipinski definition) is 1. The molecule has 0 saturated heterocycles. The van der Waals surface area contributed by atoms with E-state index in [0.29, 0.717) is 0 Å². The zero-order chi connectivity index (χ0) is 46.5. The minimum atomic E-state index is -0.195. The molecule has 0 aliphatic heterocycles. The number of nitrogens with one attached hydrogen (secondary N) is 3. The van der Waals surface area contributed by atoms with Crippen LogP contribution in [0.4, 0.5) is 0 Å². The Balaban J connectivity index is 0.000000151. The third-order valence-electron chi connectivity index (χ3n) is 12.8. The Labute approximate surface area is 399 Å². The Bertz CT molecular complexity index is 3350. The highest BCUT2D eigenvalue weighted by Crippen LogP contribution is 2.43. The summed E-state index contributed by atoms with van der Waals surface area (Å²) in [4.78, 5) is 19.4. The lowest BCUT2D eigenvalue weighted by Crippen LogP contribution is -2.18.